The van der Waals surface area contributed by atoms with Crippen molar-refractivity contribution in [2.24, 2.45) is 0 Å². The second-order valence-corrected chi connectivity index (χ2v) is 8.22. The molecule has 3 N–H and O–H groups in total. The summed E-state index contributed by atoms with van der Waals surface area (Å²) in [5, 5.41) is 8.11. The molecule has 2 aromatic rings. The van der Waals surface area contributed by atoms with Crippen LogP contribution in [0, 0.1) is 0 Å². The molecule has 2 aliphatic rings. The summed E-state index contributed by atoms with van der Waals surface area (Å²) in [5.74, 6) is 1.10. The fourth-order valence-corrected chi connectivity index (χ4v) is 5.02. The minimum Gasteiger partial charge on any atom is -0.463 e. The van der Waals surface area contributed by atoms with E-state index in [1.807, 2.05) is 30.3 Å². The SMILES string of the molecule is S=C(Nc1ccccc1Cl)NC1C[C@H]2CCC[C@@H](C1)[NH+]2Cc1ccco1. The van der Waals surface area contributed by atoms with Gasteiger partial charge in [-0.2, -0.15) is 0 Å². The average Bonchev–Trinajstić information content (AvgIpc) is 3.11. The van der Waals surface area contributed by atoms with Crippen molar-refractivity contribution >= 4 is 34.6 Å². The van der Waals surface area contributed by atoms with E-state index in [0.717, 1.165) is 30.8 Å². The maximum Gasteiger partial charge on any atom is 0.171 e. The first kappa shape index (κ1) is 17.8. The third-order valence-corrected chi connectivity index (χ3v) is 6.26. The van der Waals surface area contributed by atoms with E-state index in [1.165, 1.54) is 19.3 Å². The number of furan rings is 1. The molecule has 0 saturated carbocycles. The van der Waals surface area contributed by atoms with E-state index in [1.54, 1.807) is 11.2 Å². The Labute approximate surface area is 164 Å². The summed E-state index contributed by atoms with van der Waals surface area (Å²) < 4.78 is 5.59. The van der Waals surface area contributed by atoms with Gasteiger partial charge in [-0.15, -0.1) is 0 Å². The Balaban J connectivity index is 1.36. The van der Waals surface area contributed by atoms with Gasteiger partial charge < -0.3 is 20.0 Å². The Hall–Kier alpha value is -1.56. The lowest BCUT2D eigenvalue weighted by molar-refractivity contribution is -0.974. The van der Waals surface area contributed by atoms with Crippen LogP contribution in [0.25, 0.3) is 0 Å². The molecule has 4 rings (SSSR count). The van der Waals surface area contributed by atoms with E-state index in [0.29, 0.717) is 28.3 Å². The Morgan fingerprint density at radius 2 is 1.92 bits per heavy atom. The first-order valence-electron chi connectivity index (χ1n) is 9.39. The van der Waals surface area contributed by atoms with E-state index in [4.69, 9.17) is 28.2 Å². The van der Waals surface area contributed by atoms with Crippen LogP contribution in [-0.2, 0) is 6.54 Å². The lowest BCUT2D eigenvalue weighted by Crippen LogP contribution is -3.20. The monoisotopic (exact) mass is 390 g/mol. The van der Waals surface area contributed by atoms with E-state index in [2.05, 4.69) is 16.7 Å². The van der Waals surface area contributed by atoms with Gasteiger partial charge in [0.05, 0.1) is 29.1 Å². The number of hydrogen-bond acceptors (Lipinski definition) is 2. The molecule has 3 heterocycles. The van der Waals surface area contributed by atoms with Crippen LogP contribution in [0.5, 0.6) is 0 Å². The molecule has 26 heavy (non-hydrogen) atoms. The standard InChI is InChI=1S/C20H24ClN3OS/c21-18-8-1-2-9-19(18)23-20(26)22-14-11-15-5-3-6-16(12-14)24(15)13-17-7-4-10-25-17/h1-2,4,7-10,14-16H,3,5-6,11-13H2,(H2,22,23,26)/p+1/t14?,15-,16+. The molecule has 0 spiro atoms. The van der Waals surface area contributed by atoms with Crippen LogP contribution in [0.15, 0.2) is 47.1 Å². The molecular weight excluding hydrogens is 366 g/mol. The van der Waals surface area contributed by atoms with Gasteiger partial charge in [-0.1, -0.05) is 23.7 Å². The fourth-order valence-electron chi connectivity index (χ4n) is 4.56. The summed E-state index contributed by atoms with van der Waals surface area (Å²) in [6.45, 7) is 0.997. The average molecular weight is 391 g/mol. The number of para-hydroxylation sites is 1. The smallest absolute Gasteiger partial charge is 0.171 e. The number of quaternary nitrogens is 1. The van der Waals surface area contributed by atoms with Crippen molar-refractivity contribution in [1.29, 1.82) is 0 Å². The number of nitrogens with one attached hydrogen (secondary N) is 3. The Morgan fingerprint density at radius 1 is 1.15 bits per heavy atom. The highest BCUT2D eigenvalue weighted by molar-refractivity contribution is 7.80. The van der Waals surface area contributed by atoms with Crippen molar-refractivity contribution < 1.29 is 9.32 Å². The zero-order valence-electron chi connectivity index (χ0n) is 14.7. The lowest BCUT2D eigenvalue weighted by atomic mass is 9.81. The zero-order chi connectivity index (χ0) is 17.9. The maximum atomic E-state index is 6.21. The highest BCUT2D eigenvalue weighted by atomic mass is 35.5. The third-order valence-electron chi connectivity index (χ3n) is 5.71. The number of piperidine rings is 2. The molecule has 2 unspecified atom stereocenters. The van der Waals surface area contributed by atoms with Gasteiger partial charge in [-0.25, -0.2) is 0 Å². The quantitative estimate of drug-likeness (QED) is 0.700. The highest BCUT2D eigenvalue weighted by Crippen LogP contribution is 2.24. The molecule has 2 aliphatic heterocycles. The molecule has 4 nitrogen and oxygen atoms in total. The summed E-state index contributed by atoms with van der Waals surface area (Å²) in [4.78, 5) is 1.69. The van der Waals surface area contributed by atoms with Gasteiger partial charge in [0.25, 0.3) is 0 Å². The number of anilines is 1. The number of benzene rings is 1. The van der Waals surface area contributed by atoms with Crippen molar-refractivity contribution in [2.75, 3.05) is 5.32 Å². The van der Waals surface area contributed by atoms with Gasteiger partial charge in [0, 0.05) is 18.9 Å². The normalized spacial score (nSPS) is 27.7. The molecule has 6 heteroatoms. The van der Waals surface area contributed by atoms with Gasteiger partial charge >= 0.3 is 0 Å². The second-order valence-electron chi connectivity index (χ2n) is 7.40. The van der Waals surface area contributed by atoms with Crippen LogP contribution < -0.4 is 15.5 Å². The van der Waals surface area contributed by atoms with E-state index in [9.17, 15) is 0 Å². The summed E-state index contributed by atoms with van der Waals surface area (Å²) >= 11 is 11.7. The van der Waals surface area contributed by atoms with Crippen LogP contribution in [0.4, 0.5) is 5.69 Å². The van der Waals surface area contributed by atoms with Crippen molar-refractivity contribution in [2.45, 2.75) is 56.8 Å². The molecule has 138 valence electrons. The van der Waals surface area contributed by atoms with E-state index >= 15 is 0 Å². The molecule has 1 aromatic heterocycles. The van der Waals surface area contributed by atoms with Crippen LogP contribution >= 0.6 is 23.8 Å². The first-order chi connectivity index (χ1) is 12.7. The van der Waals surface area contributed by atoms with Crippen molar-refractivity contribution in [3.05, 3.63) is 53.4 Å². The number of hydrogen-bond donors (Lipinski definition) is 3. The Bertz CT molecular complexity index is 737. The van der Waals surface area contributed by atoms with Gasteiger partial charge in [-0.05, 0) is 55.7 Å². The van der Waals surface area contributed by atoms with Crippen molar-refractivity contribution in [1.82, 2.24) is 5.32 Å². The number of thiocarbonyl (C=S) groups is 1. The third kappa shape index (κ3) is 4.05. The Kier molecular flexibility index (Phi) is 5.48. The van der Waals surface area contributed by atoms with Crippen LogP contribution in [0.1, 0.15) is 37.9 Å². The van der Waals surface area contributed by atoms with Gasteiger partial charge in [0.2, 0.25) is 0 Å². The topological polar surface area (TPSA) is 41.6 Å². The predicted octanol–water partition coefficient (Wildman–Crippen LogP) is 3.39. The number of halogens is 1. The molecule has 4 atom stereocenters. The minimum absolute atomic E-state index is 0.424. The summed E-state index contributed by atoms with van der Waals surface area (Å²) in [5.41, 5.74) is 0.854. The highest BCUT2D eigenvalue weighted by Gasteiger charge is 2.42. The van der Waals surface area contributed by atoms with E-state index < -0.39 is 0 Å². The van der Waals surface area contributed by atoms with Gasteiger partial charge in [-0.3, -0.25) is 0 Å². The molecule has 0 amide bonds. The van der Waals surface area contributed by atoms with Crippen LogP contribution in [-0.4, -0.2) is 23.2 Å². The predicted molar refractivity (Wildman–Crippen MR) is 109 cm³/mol. The zero-order valence-corrected chi connectivity index (χ0v) is 16.3. The van der Waals surface area contributed by atoms with Gasteiger partial charge in [0.15, 0.2) is 10.9 Å². The van der Waals surface area contributed by atoms with Crippen LogP contribution in [0.2, 0.25) is 5.02 Å². The van der Waals surface area contributed by atoms with Crippen LogP contribution in [0.3, 0.4) is 0 Å². The number of fused-ring (bicyclic) bond motifs is 2. The van der Waals surface area contributed by atoms with Crippen molar-refractivity contribution in [3.8, 4) is 0 Å². The minimum atomic E-state index is 0.424. The van der Waals surface area contributed by atoms with Gasteiger partial charge in [0.1, 0.15) is 6.54 Å². The largest absolute Gasteiger partial charge is 0.463 e. The molecule has 2 bridgehead atoms. The molecular formula is C20H25ClN3OS+. The molecule has 2 fully saturated rings. The Morgan fingerprint density at radius 3 is 2.62 bits per heavy atom. The summed E-state index contributed by atoms with van der Waals surface area (Å²) in [7, 11) is 0. The summed E-state index contributed by atoms with van der Waals surface area (Å²) in [6.07, 6.45) is 7.99. The van der Waals surface area contributed by atoms with E-state index in [-0.39, 0.29) is 0 Å². The van der Waals surface area contributed by atoms with Crippen molar-refractivity contribution in [3.63, 3.8) is 0 Å². The molecule has 0 radical (unpaired) electrons. The fraction of sp³-hybridized carbons (Fsp3) is 0.450. The molecule has 1 aromatic carbocycles. The molecule has 2 saturated heterocycles. The summed E-state index contributed by atoms with van der Waals surface area (Å²) in [6, 6.07) is 13.5. The first-order valence-corrected chi connectivity index (χ1v) is 10.2. The molecule has 0 aliphatic carbocycles. The number of rotatable bonds is 4. The maximum absolute atomic E-state index is 6.21. The lowest BCUT2D eigenvalue weighted by Gasteiger charge is -2.45. The second kappa shape index (κ2) is 7.99.